The molecule has 0 bridgehead atoms. The third-order valence-electron chi connectivity index (χ3n) is 2.41. The predicted octanol–water partition coefficient (Wildman–Crippen LogP) is 1.84. The summed E-state index contributed by atoms with van der Waals surface area (Å²) >= 11 is 3.04. The number of benzene rings is 1. The molecule has 1 aromatic carbocycles. The van der Waals surface area contributed by atoms with Crippen molar-refractivity contribution in [3.8, 4) is 0 Å². The van der Waals surface area contributed by atoms with Crippen molar-refractivity contribution < 1.29 is 28.9 Å². The lowest BCUT2D eigenvalue weighted by molar-refractivity contribution is 0.0161. The van der Waals surface area contributed by atoms with Gasteiger partial charge in [0.15, 0.2) is 11.6 Å². The normalized spacial score (nSPS) is 14.3. The highest BCUT2D eigenvalue weighted by Crippen LogP contribution is 2.25. The molecule has 1 aromatic rings. The Hall–Kier alpha value is -1.05. The summed E-state index contributed by atoms with van der Waals surface area (Å²) < 4.78 is 26.0. The highest BCUT2D eigenvalue weighted by Gasteiger charge is 2.25. The van der Waals surface area contributed by atoms with Gasteiger partial charge in [0, 0.05) is 10.9 Å². The molecule has 100 valence electrons. The van der Waals surface area contributed by atoms with Gasteiger partial charge < -0.3 is 15.3 Å². The average Bonchev–Trinajstić information content (AvgIpc) is 2.31. The molecule has 4 nitrogen and oxygen atoms in total. The molecular formula is C11H11BrF2O4. The Kier molecular flexibility index (Phi) is 5.18. The number of halogens is 3. The van der Waals surface area contributed by atoms with Crippen LogP contribution in [0.15, 0.2) is 12.1 Å². The van der Waals surface area contributed by atoms with Gasteiger partial charge >= 0.3 is 5.97 Å². The zero-order valence-corrected chi connectivity index (χ0v) is 10.7. The monoisotopic (exact) mass is 324 g/mol. The van der Waals surface area contributed by atoms with Crippen molar-refractivity contribution in [2.24, 2.45) is 0 Å². The molecule has 0 spiro atoms. The van der Waals surface area contributed by atoms with Crippen LogP contribution in [-0.2, 0) is 0 Å². The standard InChI is InChI=1S/C11H11BrF2O4/c12-2-1-9(15)10(16)5-3-7(13)8(14)4-6(5)11(17)18/h3-4,9-10,15-16H,1-2H2,(H,17,18). The largest absolute Gasteiger partial charge is 0.478 e. The van der Waals surface area contributed by atoms with Crippen LogP contribution < -0.4 is 0 Å². The fourth-order valence-electron chi connectivity index (χ4n) is 1.47. The smallest absolute Gasteiger partial charge is 0.336 e. The molecule has 0 radical (unpaired) electrons. The summed E-state index contributed by atoms with van der Waals surface area (Å²) in [7, 11) is 0. The fraction of sp³-hybridized carbons (Fsp3) is 0.364. The number of alkyl halides is 1. The zero-order valence-electron chi connectivity index (χ0n) is 9.11. The minimum absolute atomic E-state index is 0.138. The van der Waals surface area contributed by atoms with E-state index in [1.807, 2.05) is 0 Å². The Morgan fingerprint density at radius 1 is 1.28 bits per heavy atom. The lowest BCUT2D eigenvalue weighted by Gasteiger charge is -2.19. The molecule has 0 aromatic heterocycles. The predicted molar refractivity (Wildman–Crippen MR) is 62.7 cm³/mol. The van der Waals surface area contributed by atoms with Gasteiger partial charge in [-0.1, -0.05) is 15.9 Å². The number of aromatic carboxylic acids is 1. The minimum Gasteiger partial charge on any atom is -0.478 e. The van der Waals surface area contributed by atoms with Crippen LogP contribution in [0.3, 0.4) is 0 Å². The first-order valence-electron chi connectivity index (χ1n) is 5.02. The number of aliphatic hydroxyl groups is 2. The topological polar surface area (TPSA) is 77.8 Å². The van der Waals surface area contributed by atoms with E-state index in [0.29, 0.717) is 17.5 Å². The second-order valence-electron chi connectivity index (χ2n) is 3.65. The molecule has 0 amide bonds. The Labute approximate surface area is 110 Å². The summed E-state index contributed by atoms with van der Waals surface area (Å²) in [6.07, 6.45) is -2.73. The van der Waals surface area contributed by atoms with Crippen molar-refractivity contribution in [3.05, 3.63) is 34.9 Å². The second kappa shape index (κ2) is 6.21. The molecule has 0 aliphatic heterocycles. The zero-order chi connectivity index (χ0) is 13.9. The van der Waals surface area contributed by atoms with Crippen LogP contribution in [0.2, 0.25) is 0 Å². The van der Waals surface area contributed by atoms with E-state index in [9.17, 15) is 23.8 Å². The molecule has 7 heteroatoms. The molecule has 0 saturated carbocycles. The summed E-state index contributed by atoms with van der Waals surface area (Å²) in [4.78, 5) is 10.9. The Morgan fingerprint density at radius 3 is 2.33 bits per heavy atom. The van der Waals surface area contributed by atoms with Crippen LogP contribution in [-0.4, -0.2) is 32.7 Å². The van der Waals surface area contributed by atoms with Crippen LogP contribution in [0.1, 0.15) is 28.4 Å². The first kappa shape index (κ1) is 15.0. The van der Waals surface area contributed by atoms with E-state index in [-0.39, 0.29) is 12.0 Å². The molecule has 0 aliphatic carbocycles. The van der Waals surface area contributed by atoms with Crippen molar-refractivity contribution in [1.82, 2.24) is 0 Å². The SMILES string of the molecule is O=C(O)c1cc(F)c(F)cc1C(O)C(O)CCBr. The van der Waals surface area contributed by atoms with Crippen LogP contribution in [0.25, 0.3) is 0 Å². The Balaban J connectivity index is 3.21. The van der Waals surface area contributed by atoms with E-state index < -0.39 is 35.4 Å². The molecule has 2 unspecified atom stereocenters. The first-order chi connectivity index (χ1) is 8.38. The van der Waals surface area contributed by atoms with Crippen LogP contribution >= 0.6 is 15.9 Å². The van der Waals surface area contributed by atoms with Crippen molar-refractivity contribution >= 4 is 21.9 Å². The lowest BCUT2D eigenvalue weighted by atomic mass is 9.97. The summed E-state index contributed by atoms with van der Waals surface area (Å²) in [6, 6.07) is 1.07. The number of aliphatic hydroxyl groups excluding tert-OH is 2. The second-order valence-corrected chi connectivity index (χ2v) is 4.44. The molecule has 18 heavy (non-hydrogen) atoms. The summed E-state index contributed by atoms with van der Waals surface area (Å²) in [6.45, 7) is 0. The van der Waals surface area contributed by atoms with Crippen molar-refractivity contribution in [2.75, 3.05) is 5.33 Å². The number of carboxylic acids is 1. The van der Waals surface area contributed by atoms with E-state index in [2.05, 4.69) is 15.9 Å². The van der Waals surface area contributed by atoms with E-state index >= 15 is 0 Å². The van der Waals surface area contributed by atoms with Crippen molar-refractivity contribution in [2.45, 2.75) is 18.6 Å². The third kappa shape index (κ3) is 3.24. The minimum atomic E-state index is -1.59. The van der Waals surface area contributed by atoms with Gasteiger partial charge in [0.2, 0.25) is 0 Å². The maximum Gasteiger partial charge on any atom is 0.336 e. The number of rotatable bonds is 5. The number of hydrogen-bond acceptors (Lipinski definition) is 3. The lowest BCUT2D eigenvalue weighted by Crippen LogP contribution is -2.21. The molecule has 0 heterocycles. The Morgan fingerprint density at radius 2 is 1.83 bits per heavy atom. The van der Waals surface area contributed by atoms with E-state index in [0.717, 1.165) is 0 Å². The summed E-state index contributed by atoms with van der Waals surface area (Å²) in [5, 5.41) is 28.5. The maximum atomic E-state index is 13.1. The number of carboxylic acid groups (broad SMARTS) is 1. The molecule has 0 aliphatic rings. The Bertz CT molecular complexity index is 453. The summed E-state index contributed by atoms with van der Waals surface area (Å²) in [5.74, 6) is -4.10. The fourth-order valence-corrected chi connectivity index (χ4v) is 1.94. The van der Waals surface area contributed by atoms with Crippen molar-refractivity contribution in [1.29, 1.82) is 0 Å². The van der Waals surface area contributed by atoms with Crippen LogP contribution in [0.4, 0.5) is 8.78 Å². The van der Waals surface area contributed by atoms with Gasteiger partial charge in [0.05, 0.1) is 11.7 Å². The quantitative estimate of drug-likeness (QED) is 0.722. The van der Waals surface area contributed by atoms with Gasteiger partial charge in [0.1, 0.15) is 6.10 Å². The van der Waals surface area contributed by atoms with Gasteiger partial charge in [-0.3, -0.25) is 0 Å². The number of hydrogen-bond donors (Lipinski definition) is 3. The molecule has 0 saturated heterocycles. The van der Waals surface area contributed by atoms with Gasteiger partial charge in [0.25, 0.3) is 0 Å². The molecule has 2 atom stereocenters. The van der Waals surface area contributed by atoms with Crippen molar-refractivity contribution in [3.63, 3.8) is 0 Å². The molecule has 1 rings (SSSR count). The molecular weight excluding hydrogens is 314 g/mol. The summed E-state index contributed by atoms with van der Waals surface area (Å²) in [5.41, 5.74) is -0.926. The molecule has 3 N–H and O–H groups in total. The van der Waals surface area contributed by atoms with Gasteiger partial charge in [-0.2, -0.15) is 0 Å². The first-order valence-corrected chi connectivity index (χ1v) is 6.15. The highest BCUT2D eigenvalue weighted by molar-refractivity contribution is 9.09. The van der Waals surface area contributed by atoms with Gasteiger partial charge in [-0.05, 0) is 18.6 Å². The number of carbonyl (C=O) groups is 1. The van der Waals surface area contributed by atoms with Crippen LogP contribution in [0.5, 0.6) is 0 Å². The van der Waals surface area contributed by atoms with E-state index in [1.54, 1.807) is 0 Å². The van der Waals surface area contributed by atoms with Crippen LogP contribution in [0, 0.1) is 11.6 Å². The van der Waals surface area contributed by atoms with E-state index in [1.165, 1.54) is 0 Å². The van der Waals surface area contributed by atoms with E-state index in [4.69, 9.17) is 5.11 Å². The van der Waals surface area contributed by atoms with Gasteiger partial charge in [-0.15, -0.1) is 0 Å². The maximum absolute atomic E-state index is 13.1. The third-order valence-corrected chi connectivity index (χ3v) is 2.87. The average molecular weight is 325 g/mol. The molecule has 0 fully saturated rings. The highest BCUT2D eigenvalue weighted by atomic mass is 79.9. The van der Waals surface area contributed by atoms with Gasteiger partial charge in [-0.25, -0.2) is 13.6 Å².